The van der Waals surface area contributed by atoms with E-state index in [9.17, 15) is 0 Å². The van der Waals surface area contributed by atoms with Gasteiger partial charge in [0.15, 0.2) is 0 Å². The Morgan fingerprint density at radius 2 is 1.82 bits per heavy atom. The maximum absolute atomic E-state index is 4.46. The van der Waals surface area contributed by atoms with Crippen molar-refractivity contribution >= 4 is 10.9 Å². The average molecular weight is 220 g/mol. The van der Waals surface area contributed by atoms with E-state index in [0.29, 0.717) is 0 Å². The van der Waals surface area contributed by atoms with Gasteiger partial charge in [-0.15, -0.1) is 0 Å². The van der Waals surface area contributed by atoms with E-state index in [1.807, 2.05) is 36.7 Å². The van der Waals surface area contributed by atoms with E-state index in [-0.39, 0.29) is 0 Å². The van der Waals surface area contributed by atoms with Gasteiger partial charge in [-0.05, 0) is 30.7 Å². The van der Waals surface area contributed by atoms with Crippen LogP contribution in [0.15, 0.2) is 54.9 Å². The second-order valence-electron chi connectivity index (χ2n) is 4.09. The summed E-state index contributed by atoms with van der Waals surface area (Å²) >= 11 is 0. The van der Waals surface area contributed by atoms with Crippen molar-refractivity contribution in [3.05, 3.63) is 60.4 Å². The quantitative estimate of drug-likeness (QED) is 0.626. The van der Waals surface area contributed by atoms with Crippen LogP contribution >= 0.6 is 0 Å². The first-order valence-corrected chi connectivity index (χ1v) is 5.61. The van der Waals surface area contributed by atoms with Crippen molar-refractivity contribution in [2.75, 3.05) is 0 Å². The predicted octanol–water partition coefficient (Wildman–Crippen LogP) is 3.61. The van der Waals surface area contributed by atoms with Crippen molar-refractivity contribution in [1.29, 1.82) is 0 Å². The van der Waals surface area contributed by atoms with E-state index in [0.717, 1.165) is 22.2 Å². The zero-order chi connectivity index (χ0) is 11.7. The Morgan fingerprint density at radius 1 is 0.941 bits per heavy atom. The highest BCUT2D eigenvalue weighted by atomic mass is 14.7. The van der Waals surface area contributed by atoms with Crippen LogP contribution in [0.3, 0.4) is 0 Å². The topological polar surface area (TPSA) is 25.8 Å². The van der Waals surface area contributed by atoms with Gasteiger partial charge < -0.3 is 0 Å². The number of fused-ring (bicyclic) bond motifs is 1. The highest BCUT2D eigenvalue weighted by Gasteiger charge is 2.04. The van der Waals surface area contributed by atoms with Crippen molar-refractivity contribution in [1.82, 2.24) is 9.97 Å². The minimum atomic E-state index is 1.01. The molecule has 2 nitrogen and oxygen atoms in total. The van der Waals surface area contributed by atoms with E-state index in [2.05, 4.69) is 35.1 Å². The fraction of sp³-hybridized carbons (Fsp3) is 0.0667. The largest absolute Gasteiger partial charge is 0.256 e. The van der Waals surface area contributed by atoms with E-state index >= 15 is 0 Å². The lowest BCUT2D eigenvalue weighted by atomic mass is 10.1. The standard InChI is InChI=1S/C15H12N2/c1-11-5-4-8-16-15(11)13-9-12-6-2-3-7-14(12)17-10-13/h2-10H,1H3. The Labute approximate surface area is 100.0 Å². The number of aryl methyl sites for hydroxylation is 1. The number of aromatic nitrogens is 2. The molecule has 17 heavy (non-hydrogen) atoms. The van der Waals surface area contributed by atoms with Crippen LogP contribution in [0.5, 0.6) is 0 Å². The number of para-hydroxylation sites is 1. The first-order valence-electron chi connectivity index (χ1n) is 5.61. The Kier molecular flexibility index (Phi) is 2.33. The second-order valence-corrected chi connectivity index (χ2v) is 4.09. The van der Waals surface area contributed by atoms with E-state index in [1.54, 1.807) is 0 Å². The molecule has 82 valence electrons. The predicted molar refractivity (Wildman–Crippen MR) is 69.7 cm³/mol. The van der Waals surface area contributed by atoms with Crippen molar-refractivity contribution in [2.24, 2.45) is 0 Å². The van der Waals surface area contributed by atoms with Gasteiger partial charge in [0.2, 0.25) is 0 Å². The highest BCUT2D eigenvalue weighted by Crippen LogP contribution is 2.23. The van der Waals surface area contributed by atoms with Gasteiger partial charge in [-0.25, -0.2) is 0 Å². The fourth-order valence-corrected chi connectivity index (χ4v) is 1.99. The summed E-state index contributed by atoms with van der Waals surface area (Å²) < 4.78 is 0. The van der Waals surface area contributed by atoms with Crippen LogP contribution in [0.25, 0.3) is 22.2 Å². The lowest BCUT2D eigenvalue weighted by molar-refractivity contribution is 1.26. The van der Waals surface area contributed by atoms with Gasteiger partial charge in [0.25, 0.3) is 0 Å². The van der Waals surface area contributed by atoms with Crippen molar-refractivity contribution < 1.29 is 0 Å². The molecule has 3 aromatic rings. The molecule has 0 aliphatic carbocycles. The third-order valence-corrected chi connectivity index (χ3v) is 2.87. The smallest absolute Gasteiger partial charge is 0.0746 e. The van der Waals surface area contributed by atoms with Crippen molar-refractivity contribution in [3.8, 4) is 11.3 Å². The Hall–Kier alpha value is -2.22. The third-order valence-electron chi connectivity index (χ3n) is 2.87. The van der Waals surface area contributed by atoms with Crippen LogP contribution in [0.2, 0.25) is 0 Å². The maximum atomic E-state index is 4.46. The normalized spacial score (nSPS) is 10.6. The SMILES string of the molecule is Cc1cccnc1-c1cnc2ccccc2c1. The van der Waals surface area contributed by atoms with Crippen LogP contribution in [-0.2, 0) is 0 Å². The van der Waals surface area contributed by atoms with Gasteiger partial charge >= 0.3 is 0 Å². The Bertz CT molecular complexity index is 674. The molecule has 0 aliphatic heterocycles. The van der Waals surface area contributed by atoms with Crippen molar-refractivity contribution in [2.45, 2.75) is 6.92 Å². The van der Waals surface area contributed by atoms with E-state index < -0.39 is 0 Å². The molecule has 0 aliphatic rings. The zero-order valence-electron chi connectivity index (χ0n) is 9.59. The summed E-state index contributed by atoms with van der Waals surface area (Å²) in [6.45, 7) is 2.07. The first-order chi connectivity index (χ1) is 8.34. The molecule has 0 radical (unpaired) electrons. The first kappa shape index (κ1) is 9.97. The van der Waals surface area contributed by atoms with Gasteiger partial charge in [0, 0.05) is 23.3 Å². The molecule has 0 amide bonds. The van der Waals surface area contributed by atoms with Gasteiger partial charge in [-0.1, -0.05) is 24.3 Å². The highest BCUT2D eigenvalue weighted by molar-refractivity contribution is 5.83. The molecule has 0 unspecified atom stereocenters. The van der Waals surface area contributed by atoms with Crippen LogP contribution in [-0.4, -0.2) is 9.97 Å². The number of pyridine rings is 2. The number of hydrogen-bond acceptors (Lipinski definition) is 2. The summed E-state index contributed by atoms with van der Waals surface area (Å²) in [5, 5.41) is 1.15. The molecule has 0 saturated carbocycles. The Balaban J connectivity index is 2.22. The van der Waals surface area contributed by atoms with Gasteiger partial charge in [0.05, 0.1) is 11.2 Å². The number of hydrogen-bond donors (Lipinski definition) is 0. The number of benzene rings is 1. The average Bonchev–Trinajstić information content (AvgIpc) is 2.39. The molecule has 0 saturated heterocycles. The number of nitrogens with zero attached hydrogens (tertiary/aromatic N) is 2. The minimum Gasteiger partial charge on any atom is -0.256 e. The van der Waals surface area contributed by atoms with Crippen LogP contribution in [0, 0.1) is 6.92 Å². The van der Waals surface area contributed by atoms with E-state index in [1.165, 1.54) is 5.56 Å². The summed E-state index contributed by atoms with van der Waals surface area (Å²) in [7, 11) is 0. The molecule has 0 fully saturated rings. The second kappa shape index (κ2) is 3.98. The molecule has 0 atom stereocenters. The Morgan fingerprint density at radius 3 is 2.71 bits per heavy atom. The summed E-state index contributed by atoms with van der Waals surface area (Å²) in [6.07, 6.45) is 3.70. The molecule has 3 rings (SSSR count). The fourth-order valence-electron chi connectivity index (χ4n) is 1.99. The van der Waals surface area contributed by atoms with Gasteiger partial charge in [0.1, 0.15) is 0 Å². The molecular weight excluding hydrogens is 208 g/mol. The summed E-state index contributed by atoms with van der Waals surface area (Å²) in [6, 6.07) is 14.3. The van der Waals surface area contributed by atoms with Crippen LogP contribution in [0.4, 0.5) is 0 Å². The third kappa shape index (κ3) is 1.78. The lowest BCUT2D eigenvalue weighted by Crippen LogP contribution is -1.88. The molecule has 2 aromatic heterocycles. The molecule has 0 spiro atoms. The molecule has 0 N–H and O–H groups in total. The molecular formula is C15H12N2. The van der Waals surface area contributed by atoms with Gasteiger partial charge in [-0.3, -0.25) is 9.97 Å². The van der Waals surface area contributed by atoms with Crippen LogP contribution in [0.1, 0.15) is 5.56 Å². The minimum absolute atomic E-state index is 1.01. The summed E-state index contributed by atoms with van der Waals surface area (Å²) in [4.78, 5) is 8.87. The van der Waals surface area contributed by atoms with Gasteiger partial charge in [-0.2, -0.15) is 0 Å². The molecule has 2 heterocycles. The monoisotopic (exact) mass is 220 g/mol. The summed E-state index contributed by atoms with van der Waals surface area (Å²) in [5.74, 6) is 0. The zero-order valence-corrected chi connectivity index (χ0v) is 9.59. The molecule has 1 aromatic carbocycles. The maximum Gasteiger partial charge on any atom is 0.0746 e. The van der Waals surface area contributed by atoms with E-state index in [4.69, 9.17) is 0 Å². The lowest BCUT2D eigenvalue weighted by Gasteiger charge is -2.05. The van der Waals surface area contributed by atoms with Crippen LogP contribution < -0.4 is 0 Å². The van der Waals surface area contributed by atoms with Crippen molar-refractivity contribution in [3.63, 3.8) is 0 Å². The summed E-state index contributed by atoms with van der Waals surface area (Å²) in [5.41, 5.74) is 4.27. The molecule has 2 heteroatoms. The number of rotatable bonds is 1. The molecule has 0 bridgehead atoms.